The van der Waals surface area contributed by atoms with Crippen molar-refractivity contribution in [1.29, 1.82) is 0 Å². The molecule has 0 fully saturated rings. The molecule has 214 valence electrons. The van der Waals surface area contributed by atoms with Crippen LogP contribution in [0.5, 0.6) is 0 Å². The van der Waals surface area contributed by atoms with E-state index in [2.05, 4.69) is 5.32 Å². The Hall–Kier alpha value is -2.49. The van der Waals surface area contributed by atoms with E-state index in [-0.39, 0.29) is 34.7 Å². The molecule has 0 heterocycles. The molecule has 0 aliphatic rings. The van der Waals surface area contributed by atoms with Gasteiger partial charge in [-0.2, -0.15) is 0 Å². The van der Waals surface area contributed by atoms with E-state index in [1.165, 1.54) is 23.1 Å². The van der Waals surface area contributed by atoms with Crippen LogP contribution in [0.4, 0.5) is 5.69 Å². The van der Waals surface area contributed by atoms with Gasteiger partial charge in [-0.15, -0.1) is 0 Å². The standard InChI is InChI=1S/C28H29Cl4N3O4S/c1-18(2)33-28(37)25(15-19-9-5-4-6-10-19)34(16-20-21(29)11-7-12-22(20)30)26(36)17-35(40(3,38)39)24-14-8-13-23(31)27(24)32/h4-14,18,25H,15-17H2,1-3H3,(H,33,37)/t25-/m1/s1. The third-order valence-electron chi connectivity index (χ3n) is 5.97. The third-order valence-corrected chi connectivity index (χ3v) is 8.61. The van der Waals surface area contributed by atoms with Gasteiger partial charge in [0.2, 0.25) is 21.8 Å². The molecule has 2 amide bonds. The zero-order chi connectivity index (χ0) is 29.6. The molecule has 0 aliphatic heterocycles. The first-order chi connectivity index (χ1) is 18.8. The number of sulfonamides is 1. The number of hydrogen-bond donors (Lipinski definition) is 1. The number of anilines is 1. The molecule has 3 rings (SSSR count). The molecule has 7 nitrogen and oxygen atoms in total. The summed E-state index contributed by atoms with van der Waals surface area (Å²) in [6, 6.07) is 17.3. The molecule has 40 heavy (non-hydrogen) atoms. The maximum absolute atomic E-state index is 14.1. The Morgan fingerprint density at radius 3 is 2.00 bits per heavy atom. The van der Waals surface area contributed by atoms with E-state index >= 15 is 0 Å². The number of nitrogens with zero attached hydrogens (tertiary/aromatic N) is 2. The fraction of sp³-hybridized carbons (Fsp3) is 0.286. The van der Waals surface area contributed by atoms with Crippen LogP contribution in [-0.2, 0) is 32.6 Å². The van der Waals surface area contributed by atoms with Gasteiger partial charge in [0.05, 0.1) is 22.0 Å². The third kappa shape index (κ3) is 8.27. The van der Waals surface area contributed by atoms with Crippen molar-refractivity contribution in [2.45, 2.75) is 38.9 Å². The van der Waals surface area contributed by atoms with E-state index in [1.807, 2.05) is 30.3 Å². The largest absolute Gasteiger partial charge is 0.352 e. The van der Waals surface area contributed by atoms with Gasteiger partial charge in [-0.1, -0.05) is 88.9 Å². The molecule has 0 unspecified atom stereocenters. The van der Waals surface area contributed by atoms with Crippen molar-refractivity contribution < 1.29 is 18.0 Å². The minimum Gasteiger partial charge on any atom is -0.352 e. The number of halogens is 4. The SMILES string of the molecule is CC(C)NC(=O)[C@@H](Cc1ccccc1)N(Cc1c(Cl)cccc1Cl)C(=O)CN(c1cccc(Cl)c1Cl)S(C)(=O)=O. The Bertz CT molecular complexity index is 1450. The highest BCUT2D eigenvalue weighted by Crippen LogP contribution is 2.34. The summed E-state index contributed by atoms with van der Waals surface area (Å²) in [5.41, 5.74) is 1.25. The maximum Gasteiger partial charge on any atom is 0.244 e. The number of carbonyl (C=O) groups excluding carboxylic acids is 2. The Morgan fingerprint density at radius 2 is 1.43 bits per heavy atom. The lowest BCUT2D eigenvalue weighted by atomic mass is 10.0. The van der Waals surface area contributed by atoms with Gasteiger partial charge in [-0.05, 0) is 43.7 Å². The number of nitrogens with one attached hydrogen (secondary N) is 1. The summed E-state index contributed by atoms with van der Waals surface area (Å²) in [5, 5.41) is 3.57. The van der Waals surface area contributed by atoms with Crippen molar-refractivity contribution >= 4 is 73.9 Å². The van der Waals surface area contributed by atoms with Crippen LogP contribution in [0, 0.1) is 0 Å². The number of hydrogen-bond acceptors (Lipinski definition) is 4. The fourth-order valence-corrected chi connectivity index (χ4v) is 5.89. The first kappa shape index (κ1) is 32.0. The quantitative estimate of drug-likeness (QED) is 0.268. The Morgan fingerprint density at radius 1 is 0.850 bits per heavy atom. The van der Waals surface area contributed by atoms with Crippen molar-refractivity contribution in [1.82, 2.24) is 10.2 Å². The first-order valence-electron chi connectivity index (χ1n) is 12.3. The monoisotopic (exact) mass is 643 g/mol. The average molecular weight is 645 g/mol. The van der Waals surface area contributed by atoms with Crippen LogP contribution in [-0.4, -0.2) is 50.0 Å². The summed E-state index contributed by atoms with van der Waals surface area (Å²) in [6.07, 6.45) is 1.11. The number of benzene rings is 3. The highest BCUT2D eigenvalue weighted by Gasteiger charge is 2.34. The van der Waals surface area contributed by atoms with Crippen LogP contribution in [0.1, 0.15) is 25.0 Å². The zero-order valence-electron chi connectivity index (χ0n) is 22.1. The molecule has 0 saturated carbocycles. The molecule has 3 aromatic carbocycles. The smallest absolute Gasteiger partial charge is 0.244 e. The highest BCUT2D eigenvalue weighted by atomic mass is 35.5. The van der Waals surface area contributed by atoms with Crippen LogP contribution in [0.15, 0.2) is 66.7 Å². The summed E-state index contributed by atoms with van der Waals surface area (Å²) in [6.45, 7) is 2.81. The van der Waals surface area contributed by atoms with Crippen LogP contribution < -0.4 is 9.62 Å². The zero-order valence-corrected chi connectivity index (χ0v) is 25.9. The van der Waals surface area contributed by atoms with Crippen LogP contribution in [0.3, 0.4) is 0 Å². The van der Waals surface area contributed by atoms with E-state index in [1.54, 1.807) is 32.0 Å². The van der Waals surface area contributed by atoms with Gasteiger partial charge in [-0.3, -0.25) is 13.9 Å². The first-order valence-corrected chi connectivity index (χ1v) is 15.6. The molecular formula is C28H29Cl4N3O4S. The fourth-order valence-electron chi connectivity index (χ4n) is 4.07. The maximum atomic E-state index is 14.1. The second-order valence-corrected chi connectivity index (χ2v) is 12.9. The van der Waals surface area contributed by atoms with E-state index in [0.29, 0.717) is 15.6 Å². The lowest BCUT2D eigenvalue weighted by Gasteiger charge is -2.34. The van der Waals surface area contributed by atoms with Crippen LogP contribution >= 0.6 is 46.4 Å². The van der Waals surface area contributed by atoms with Gasteiger partial charge in [0, 0.05) is 34.6 Å². The molecule has 0 spiro atoms. The van der Waals surface area contributed by atoms with Gasteiger partial charge < -0.3 is 10.2 Å². The number of rotatable bonds is 11. The second-order valence-electron chi connectivity index (χ2n) is 9.43. The van der Waals surface area contributed by atoms with Crippen molar-refractivity contribution in [2.24, 2.45) is 0 Å². The minimum atomic E-state index is -4.01. The van der Waals surface area contributed by atoms with Gasteiger partial charge >= 0.3 is 0 Å². The van der Waals surface area contributed by atoms with Crippen molar-refractivity contribution in [3.63, 3.8) is 0 Å². The van der Waals surface area contributed by atoms with Crippen LogP contribution in [0.25, 0.3) is 0 Å². The summed E-state index contributed by atoms with van der Waals surface area (Å²) in [4.78, 5) is 29.0. The van der Waals surface area contributed by atoms with Gasteiger partial charge in [0.1, 0.15) is 12.6 Å². The van der Waals surface area contributed by atoms with Gasteiger partial charge in [0.25, 0.3) is 0 Å². The molecule has 3 aromatic rings. The normalized spacial score (nSPS) is 12.2. The molecule has 0 aromatic heterocycles. The average Bonchev–Trinajstić information content (AvgIpc) is 2.87. The summed E-state index contributed by atoms with van der Waals surface area (Å²) in [7, 11) is -4.01. The van der Waals surface area contributed by atoms with E-state index in [4.69, 9.17) is 46.4 Å². The molecule has 1 N–H and O–H groups in total. The minimum absolute atomic E-state index is 0.0264. The molecule has 0 bridgehead atoms. The summed E-state index contributed by atoms with van der Waals surface area (Å²) >= 11 is 25.4. The van der Waals surface area contributed by atoms with Gasteiger partial charge in [0.15, 0.2) is 0 Å². The highest BCUT2D eigenvalue weighted by molar-refractivity contribution is 7.92. The molecule has 1 atom stereocenters. The predicted octanol–water partition coefficient (Wildman–Crippen LogP) is 6.23. The molecule has 0 saturated heterocycles. The van der Waals surface area contributed by atoms with Gasteiger partial charge in [-0.25, -0.2) is 8.42 Å². The Balaban J connectivity index is 2.13. The molecule has 0 radical (unpaired) electrons. The Labute approximate surface area is 255 Å². The lowest BCUT2D eigenvalue weighted by Crippen LogP contribution is -2.54. The van der Waals surface area contributed by atoms with E-state index in [9.17, 15) is 18.0 Å². The van der Waals surface area contributed by atoms with Crippen molar-refractivity contribution in [3.8, 4) is 0 Å². The topological polar surface area (TPSA) is 86.8 Å². The van der Waals surface area contributed by atoms with Crippen molar-refractivity contribution in [2.75, 3.05) is 17.1 Å². The molecular weight excluding hydrogens is 616 g/mol. The lowest BCUT2D eigenvalue weighted by molar-refractivity contribution is -0.140. The molecule has 0 aliphatic carbocycles. The summed E-state index contributed by atoms with van der Waals surface area (Å²) in [5.74, 6) is -1.08. The second kappa shape index (κ2) is 13.9. The van der Waals surface area contributed by atoms with Crippen molar-refractivity contribution in [3.05, 3.63) is 97.9 Å². The van der Waals surface area contributed by atoms with E-state index in [0.717, 1.165) is 16.1 Å². The van der Waals surface area contributed by atoms with Crippen LogP contribution in [0.2, 0.25) is 20.1 Å². The Kier molecular flexibility index (Phi) is 11.1. The number of carbonyl (C=O) groups is 2. The predicted molar refractivity (Wildman–Crippen MR) is 163 cm³/mol. The molecule has 12 heteroatoms. The summed E-state index contributed by atoms with van der Waals surface area (Å²) < 4.78 is 26.7. The van der Waals surface area contributed by atoms with E-state index < -0.39 is 34.4 Å². The number of amides is 2.